The van der Waals surface area contributed by atoms with E-state index >= 15 is 0 Å². The summed E-state index contributed by atoms with van der Waals surface area (Å²) in [5.41, 5.74) is -0.911. The van der Waals surface area contributed by atoms with Gasteiger partial charge < -0.3 is 15.4 Å². The van der Waals surface area contributed by atoms with E-state index in [-0.39, 0.29) is 36.6 Å². The minimum Gasteiger partial charge on any atom is -0.396 e. The van der Waals surface area contributed by atoms with Crippen LogP contribution in [-0.2, 0) is 11.2 Å². The summed E-state index contributed by atoms with van der Waals surface area (Å²) >= 11 is 0. The lowest BCUT2D eigenvalue weighted by molar-refractivity contribution is -0.121. The molecule has 0 aliphatic rings. The maximum absolute atomic E-state index is 11.8. The third kappa shape index (κ3) is 5.09. The van der Waals surface area contributed by atoms with Gasteiger partial charge in [-0.3, -0.25) is 14.6 Å². The Morgan fingerprint density at radius 1 is 1.37 bits per heavy atom. The minimum atomic E-state index is -0.633. The SMILES string of the molecule is CC(C)C(CCO)NC(=O)Cc1cc(=O)[nH]c(=O)[nH]1. The summed E-state index contributed by atoms with van der Waals surface area (Å²) in [6, 6.07) is 1.04. The van der Waals surface area contributed by atoms with Crippen LogP contribution < -0.4 is 16.6 Å². The van der Waals surface area contributed by atoms with Gasteiger partial charge in [-0.2, -0.15) is 0 Å². The number of H-pyrrole nitrogens is 2. The minimum absolute atomic E-state index is 0.00896. The van der Waals surface area contributed by atoms with Gasteiger partial charge in [0.15, 0.2) is 0 Å². The number of hydrogen-bond acceptors (Lipinski definition) is 4. The van der Waals surface area contributed by atoms with Crippen molar-refractivity contribution in [3.8, 4) is 0 Å². The van der Waals surface area contributed by atoms with E-state index in [0.717, 1.165) is 0 Å². The van der Waals surface area contributed by atoms with Crippen molar-refractivity contribution in [3.63, 3.8) is 0 Å². The first-order chi connectivity index (χ1) is 8.92. The van der Waals surface area contributed by atoms with Gasteiger partial charge in [0.2, 0.25) is 5.91 Å². The average molecular weight is 269 g/mol. The van der Waals surface area contributed by atoms with Crippen molar-refractivity contribution in [2.24, 2.45) is 5.92 Å². The average Bonchev–Trinajstić information content (AvgIpc) is 2.26. The van der Waals surface area contributed by atoms with Gasteiger partial charge in [0.05, 0.1) is 6.42 Å². The van der Waals surface area contributed by atoms with Crippen LogP contribution in [0.2, 0.25) is 0 Å². The Balaban J connectivity index is 2.68. The Morgan fingerprint density at radius 2 is 2.05 bits per heavy atom. The van der Waals surface area contributed by atoms with Crippen LogP contribution in [0.4, 0.5) is 0 Å². The molecule has 1 unspecified atom stereocenters. The molecule has 106 valence electrons. The number of carbonyl (C=O) groups is 1. The molecule has 7 nitrogen and oxygen atoms in total. The van der Waals surface area contributed by atoms with Gasteiger partial charge in [0.25, 0.3) is 5.56 Å². The largest absolute Gasteiger partial charge is 0.396 e. The van der Waals surface area contributed by atoms with Gasteiger partial charge >= 0.3 is 5.69 Å². The second-order valence-corrected chi connectivity index (χ2v) is 4.72. The number of amides is 1. The number of hydrogen-bond donors (Lipinski definition) is 4. The lowest BCUT2D eigenvalue weighted by Crippen LogP contribution is -2.40. The van der Waals surface area contributed by atoms with Crippen LogP contribution in [0, 0.1) is 5.92 Å². The van der Waals surface area contributed by atoms with Crippen LogP contribution in [0.5, 0.6) is 0 Å². The van der Waals surface area contributed by atoms with E-state index in [2.05, 4.69) is 10.3 Å². The summed E-state index contributed by atoms with van der Waals surface area (Å²) in [6.07, 6.45) is 0.392. The molecule has 0 fully saturated rings. The summed E-state index contributed by atoms with van der Waals surface area (Å²) in [6.45, 7) is 3.87. The second kappa shape index (κ2) is 6.89. The summed E-state index contributed by atoms with van der Waals surface area (Å²) in [5, 5.41) is 11.7. The molecule has 19 heavy (non-hydrogen) atoms. The number of carbonyl (C=O) groups excluding carboxylic acids is 1. The Bertz CT molecular complexity index is 504. The van der Waals surface area contributed by atoms with Gasteiger partial charge in [0.1, 0.15) is 0 Å². The highest BCUT2D eigenvalue weighted by molar-refractivity contribution is 5.78. The van der Waals surface area contributed by atoms with Crippen LogP contribution in [0.1, 0.15) is 26.0 Å². The smallest absolute Gasteiger partial charge is 0.325 e. The number of aromatic amines is 2. The van der Waals surface area contributed by atoms with Crippen molar-refractivity contribution in [2.45, 2.75) is 32.7 Å². The van der Waals surface area contributed by atoms with Crippen molar-refractivity contribution in [3.05, 3.63) is 32.6 Å². The van der Waals surface area contributed by atoms with Gasteiger partial charge in [-0.05, 0) is 12.3 Å². The molecular formula is C12H19N3O4. The summed E-state index contributed by atoms with van der Waals surface area (Å²) in [5.74, 6) is -0.109. The molecule has 0 saturated heterocycles. The van der Waals surface area contributed by atoms with E-state index in [9.17, 15) is 14.4 Å². The third-order valence-corrected chi connectivity index (χ3v) is 2.76. The van der Waals surface area contributed by atoms with Crippen molar-refractivity contribution in [1.82, 2.24) is 15.3 Å². The topological polar surface area (TPSA) is 115 Å². The maximum Gasteiger partial charge on any atom is 0.325 e. The molecule has 1 aromatic rings. The van der Waals surface area contributed by atoms with Gasteiger partial charge in [-0.15, -0.1) is 0 Å². The van der Waals surface area contributed by atoms with Gasteiger partial charge in [-0.1, -0.05) is 13.8 Å². The fourth-order valence-electron chi connectivity index (χ4n) is 1.76. The summed E-state index contributed by atoms with van der Waals surface area (Å²) < 4.78 is 0. The van der Waals surface area contributed by atoms with Crippen LogP contribution in [0.3, 0.4) is 0 Å². The predicted molar refractivity (Wildman–Crippen MR) is 69.9 cm³/mol. The number of nitrogens with one attached hydrogen (secondary N) is 3. The van der Waals surface area contributed by atoms with Crippen LogP contribution >= 0.6 is 0 Å². The Hall–Kier alpha value is -1.89. The quantitative estimate of drug-likeness (QED) is 0.537. The number of rotatable bonds is 6. The highest BCUT2D eigenvalue weighted by Crippen LogP contribution is 2.05. The first-order valence-electron chi connectivity index (χ1n) is 6.15. The molecule has 0 radical (unpaired) electrons. The lowest BCUT2D eigenvalue weighted by atomic mass is 10.0. The molecule has 4 N–H and O–H groups in total. The molecular weight excluding hydrogens is 250 g/mol. The molecule has 0 aliphatic carbocycles. The Kier molecular flexibility index (Phi) is 5.50. The summed E-state index contributed by atoms with van der Waals surface area (Å²) in [4.78, 5) is 38.4. The molecule has 1 atom stereocenters. The normalized spacial score (nSPS) is 12.4. The zero-order chi connectivity index (χ0) is 14.4. The molecule has 0 spiro atoms. The van der Waals surface area contributed by atoms with E-state index in [4.69, 9.17) is 5.11 Å². The number of aliphatic hydroxyl groups is 1. The van der Waals surface area contributed by atoms with E-state index in [1.54, 1.807) is 0 Å². The zero-order valence-electron chi connectivity index (χ0n) is 11.0. The van der Waals surface area contributed by atoms with E-state index in [1.807, 2.05) is 18.8 Å². The maximum atomic E-state index is 11.8. The fourth-order valence-corrected chi connectivity index (χ4v) is 1.76. The van der Waals surface area contributed by atoms with E-state index in [0.29, 0.717) is 6.42 Å². The Labute approximate surface area is 110 Å². The van der Waals surface area contributed by atoms with Gasteiger partial charge in [0, 0.05) is 24.4 Å². The Morgan fingerprint density at radius 3 is 2.58 bits per heavy atom. The molecule has 0 bridgehead atoms. The first-order valence-corrected chi connectivity index (χ1v) is 6.15. The van der Waals surface area contributed by atoms with E-state index < -0.39 is 11.2 Å². The highest BCUT2D eigenvalue weighted by Gasteiger charge is 2.16. The van der Waals surface area contributed by atoms with Crippen LogP contribution in [-0.4, -0.2) is 33.6 Å². The monoisotopic (exact) mass is 269 g/mol. The summed E-state index contributed by atoms with van der Waals surface area (Å²) in [7, 11) is 0. The third-order valence-electron chi connectivity index (χ3n) is 2.76. The molecule has 0 aromatic carbocycles. The number of aliphatic hydroxyl groups excluding tert-OH is 1. The molecule has 0 saturated carbocycles. The van der Waals surface area contributed by atoms with E-state index in [1.165, 1.54) is 6.07 Å². The molecule has 1 amide bonds. The molecule has 7 heteroatoms. The van der Waals surface area contributed by atoms with Gasteiger partial charge in [-0.25, -0.2) is 4.79 Å². The van der Waals surface area contributed by atoms with Crippen molar-refractivity contribution in [2.75, 3.05) is 6.61 Å². The first kappa shape index (κ1) is 15.2. The van der Waals surface area contributed by atoms with Crippen molar-refractivity contribution in [1.29, 1.82) is 0 Å². The predicted octanol–water partition coefficient (Wildman–Crippen LogP) is -0.871. The van der Waals surface area contributed by atoms with Crippen molar-refractivity contribution >= 4 is 5.91 Å². The molecule has 1 rings (SSSR count). The second-order valence-electron chi connectivity index (χ2n) is 4.72. The zero-order valence-corrected chi connectivity index (χ0v) is 11.0. The number of aromatic nitrogens is 2. The highest BCUT2D eigenvalue weighted by atomic mass is 16.3. The molecule has 1 aromatic heterocycles. The molecule has 0 aliphatic heterocycles. The molecule has 1 heterocycles. The van der Waals surface area contributed by atoms with Crippen LogP contribution in [0.25, 0.3) is 0 Å². The lowest BCUT2D eigenvalue weighted by Gasteiger charge is -2.21. The fraction of sp³-hybridized carbons (Fsp3) is 0.583. The van der Waals surface area contributed by atoms with Crippen molar-refractivity contribution < 1.29 is 9.90 Å². The van der Waals surface area contributed by atoms with Crippen LogP contribution in [0.15, 0.2) is 15.7 Å². The standard InChI is InChI=1S/C12H19N3O4/c1-7(2)9(3-4-16)14-10(17)5-8-6-11(18)15-12(19)13-8/h6-7,9,16H,3-5H2,1-2H3,(H,14,17)(H2,13,15,18,19).